The highest BCUT2D eigenvalue weighted by molar-refractivity contribution is 8.53. The van der Waals surface area contributed by atoms with Crippen molar-refractivity contribution in [3.8, 4) is 0 Å². The monoisotopic (exact) mass is 948 g/mol. The summed E-state index contributed by atoms with van der Waals surface area (Å²) in [6, 6.07) is 8.03. The number of benzene rings is 1. The van der Waals surface area contributed by atoms with E-state index in [1.807, 2.05) is 41.0 Å². The quantitative estimate of drug-likeness (QED) is 0.0252. The fraction of sp³-hybridized carbons (Fsp3) is 0.878. The van der Waals surface area contributed by atoms with E-state index >= 15 is 0 Å². The smallest absolute Gasteiger partial charge is 0.239 e. The minimum absolute atomic E-state index is 0.729. The van der Waals surface area contributed by atoms with Crippen molar-refractivity contribution in [3.63, 3.8) is 0 Å². The lowest BCUT2D eigenvalue weighted by Crippen LogP contribution is -2.32. The van der Waals surface area contributed by atoms with Crippen molar-refractivity contribution in [2.75, 3.05) is 88.6 Å². The zero-order valence-corrected chi connectivity index (χ0v) is 44.4. The van der Waals surface area contributed by atoms with Gasteiger partial charge in [-0.1, -0.05) is 192 Å². The van der Waals surface area contributed by atoms with Crippen molar-refractivity contribution in [2.24, 2.45) is 0 Å². The van der Waals surface area contributed by atoms with Gasteiger partial charge in [-0.05, 0) is 76.7 Å². The largest absolute Gasteiger partial charge is 0.397 e. The Labute approximate surface area is 395 Å². The third-order valence-electron chi connectivity index (χ3n) is 10.9. The summed E-state index contributed by atoms with van der Waals surface area (Å²) in [4.78, 5) is 5.13. The number of anilines is 2. The second kappa shape index (κ2) is 47.6. The molecule has 0 saturated carbocycles. The van der Waals surface area contributed by atoms with Crippen LogP contribution in [0.15, 0.2) is 24.3 Å². The van der Waals surface area contributed by atoms with Crippen LogP contribution in [-0.2, 0) is 18.1 Å². The first-order valence-corrected chi connectivity index (χ1v) is 31.2. The van der Waals surface area contributed by atoms with E-state index in [0.717, 1.165) is 153 Å². The van der Waals surface area contributed by atoms with E-state index in [4.69, 9.17) is 23.8 Å². The van der Waals surface area contributed by atoms with Gasteiger partial charge in [0.05, 0.1) is 56.2 Å². The molecule has 0 radical (unpaired) electrons. The third-order valence-corrected chi connectivity index (χ3v) is 17.1. The van der Waals surface area contributed by atoms with E-state index in [2.05, 4.69) is 61.1 Å². The topological polar surface area (TPSA) is 93.5 Å². The average Bonchev–Trinajstić information content (AvgIpc) is 3.28. The summed E-state index contributed by atoms with van der Waals surface area (Å²) in [6.45, 7) is 20.3. The number of nitrogen functional groups attached to an aromatic ring is 1. The molecule has 366 valence electrons. The first-order valence-electron chi connectivity index (χ1n) is 25.7. The predicted molar refractivity (Wildman–Crippen MR) is 281 cm³/mol. The maximum atomic E-state index is 6.27. The molecule has 4 N–H and O–H groups in total. The molecular formula is C49H99N5O4P2S2. The molecular weight excluding hydrogens is 849 g/mol. The van der Waals surface area contributed by atoms with Crippen LogP contribution >= 0.6 is 37.9 Å². The number of nitrogens with two attached hydrogens (primary N) is 1. The maximum Gasteiger partial charge on any atom is 0.239 e. The third kappa shape index (κ3) is 38.2. The summed E-state index contributed by atoms with van der Waals surface area (Å²) in [5, 5.41) is 7.35. The number of para-hydroxylation sites is 2. The van der Waals surface area contributed by atoms with Gasteiger partial charge in [-0.2, -0.15) is 0 Å². The molecule has 0 spiro atoms. The number of unbranched alkanes of at least 4 members (excludes halogenated alkanes) is 19. The molecule has 0 aromatic heterocycles. The van der Waals surface area contributed by atoms with Gasteiger partial charge in [0.25, 0.3) is 0 Å². The van der Waals surface area contributed by atoms with Crippen LogP contribution in [0.1, 0.15) is 202 Å². The van der Waals surface area contributed by atoms with Gasteiger partial charge in [-0.15, -0.1) is 0 Å². The Balaban J connectivity index is 2.56. The minimum Gasteiger partial charge on any atom is -0.397 e. The van der Waals surface area contributed by atoms with Gasteiger partial charge in [0.1, 0.15) is 0 Å². The van der Waals surface area contributed by atoms with Crippen LogP contribution < -0.4 is 16.4 Å². The van der Waals surface area contributed by atoms with Crippen LogP contribution in [0, 0.1) is 0 Å². The zero-order chi connectivity index (χ0) is 44.8. The summed E-state index contributed by atoms with van der Waals surface area (Å²) in [5.41, 5.74) is 8.04. The van der Waals surface area contributed by atoms with E-state index in [0.29, 0.717) is 0 Å². The Morgan fingerprint density at radius 2 is 0.839 bits per heavy atom. The van der Waals surface area contributed by atoms with Crippen LogP contribution in [0.25, 0.3) is 0 Å². The minimum atomic E-state index is -0.966. The number of hydrogen-bond donors (Lipinski definition) is 3. The summed E-state index contributed by atoms with van der Waals surface area (Å²) in [6.07, 6.45) is 33.7. The summed E-state index contributed by atoms with van der Waals surface area (Å²) in [5.74, 6) is 1.84. The standard InChI is InChI=1S/C49H99N5O4P2S2/c1-6-11-16-17-18-19-20-21-22-23-24-25-26-27-28-31-38-53(46-61-59(55-41-12-7-2)56-42-13-8-3)39-32-36-51-37-33-40-54(45-52-49-35-30-29-34-48(49)50)47-62-60(57-43-14-9-4)58-44-15-10-5/h29-30,34-35,51-52H,6-28,31-33,36-47,50H2,1-5H3. The van der Waals surface area contributed by atoms with Gasteiger partial charge >= 0.3 is 0 Å². The van der Waals surface area contributed by atoms with Crippen LogP contribution in [0.4, 0.5) is 11.4 Å². The lowest BCUT2D eigenvalue weighted by Gasteiger charge is -2.26. The second-order valence-corrected chi connectivity index (χ2v) is 23.2. The first-order chi connectivity index (χ1) is 30.6. The summed E-state index contributed by atoms with van der Waals surface area (Å²) in [7, 11) is -1.86. The molecule has 0 aliphatic rings. The molecule has 0 fully saturated rings. The van der Waals surface area contributed by atoms with Crippen LogP contribution in [0.5, 0.6) is 0 Å². The molecule has 0 atom stereocenters. The van der Waals surface area contributed by atoms with Crippen LogP contribution in [0.2, 0.25) is 0 Å². The molecule has 9 nitrogen and oxygen atoms in total. The summed E-state index contributed by atoms with van der Waals surface area (Å²) < 4.78 is 24.9. The second-order valence-electron chi connectivity index (χ2n) is 16.9. The Bertz CT molecular complexity index is 1040. The number of nitrogens with zero attached hydrogens (tertiary/aromatic N) is 2. The molecule has 1 aromatic rings. The SMILES string of the molecule is CCCCCCCCCCCCCCCCCCN(CCCNCCCN(CNc1ccccc1N)CSP(OCCCC)OCCCC)CSP(OCCCC)OCCCC. The van der Waals surface area contributed by atoms with E-state index in [-0.39, 0.29) is 0 Å². The number of rotatable bonds is 50. The molecule has 0 heterocycles. The fourth-order valence-corrected chi connectivity index (χ4v) is 12.7. The van der Waals surface area contributed by atoms with Crippen LogP contribution in [0.3, 0.4) is 0 Å². The maximum absolute atomic E-state index is 6.27. The Morgan fingerprint density at radius 3 is 1.27 bits per heavy atom. The highest BCUT2D eigenvalue weighted by atomic mass is 32.7. The molecule has 0 aliphatic heterocycles. The van der Waals surface area contributed by atoms with Crippen molar-refractivity contribution in [2.45, 2.75) is 202 Å². The summed E-state index contributed by atoms with van der Waals surface area (Å²) >= 11 is 3.71. The van der Waals surface area contributed by atoms with Gasteiger partial charge in [0.15, 0.2) is 0 Å². The Kier molecular flexibility index (Phi) is 46.1. The molecule has 13 heteroatoms. The van der Waals surface area contributed by atoms with Crippen molar-refractivity contribution in [3.05, 3.63) is 24.3 Å². The van der Waals surface area contributed by atoms with E-state index in [1.54, 1.807) is 0 Å². The molecule has 62 heavy (non-hydrogen) atoms. The van der Waals surface area contributed by atoms with E-state index < -0.39 is 15.2 Å². The molecule has 0 amide bonds. The lowest BCUT2D eigenvalue weighted by molar-refractivity contribution is 0.254. The molecule has 0 unspecified atom stereocenters. The average molecular weight is 948 g/mol. The molecule has 0 saturated heterocycles. The first kappa shape index (κ1) is 60.1. The zero-order valence-electron chi connectivity index (χ0n) is 41.0. The van der Waals surface area contributed by atoms with Crippen molar-refractivity contribution < 1.29 is 18.1 Å². The molecule has 0 aliphatic carbocycles. The Hall–Kier alpha value is 0.1000. The molecule has 1 aromatic carbocycles. The fourth-order valence-electron chi connectivity index (χ4n) is 6.76. The highest BCUT2D eigenvalue weighted by Gasteiger charge is 2.17. The number of hydrogen-bond acceptors (Lipinski definition) is 11. The van der Waals surface area contributed by atoms with Crippen molar-refractivity contribution in [1.29, 1.82) is 0 Å². The van der Waals surface area contributed by atoms with Gasteiger partial charge in [0, 0.05) is 13.1 Å². The highest BCUT2D eigenvalue weighted by Crippen LogP contribution is 2.53. The van der Waals surface area contributed by atoms with E-state index in [1.165, 1.54) is 103 Å². The van der Waals surface area contributed by atoms with E-state index in [9.17, 15) is 0 Å². The lowest BCUT2D eigenvalue weighted by atomic mass is 10.0. The van der Waals surface area contributed by atoms with Gasteiger partial charge in [-0.25, -0.2) is 0 Å². The number of nitrogens with one attached hydrogen (secondary N) is 2. The van der Waals surface area contributed by atoms with Gasteiger partial charge in [0.2, 0.25) is 15.2 Å². The van der Waals surface area contributed by atoms with Gasteiger partial charge in [-0.3, -0.25) is 9.80 Å². The predicted octanol–water partition coefficient (Wildman–Crippen LogP) is 16.0. The molecule has 0 bridgehead atoms. The van der Waals surface area contributed by atoms with Crippen LogP contribution in [-0.4, -0.2) is 87.4 Å². The van der Waals surface area contributed by atoms with Crippen molar-refractivity contribution in [1.82, 2.24) is 15.1 Å². The Morgan fingerprint density at radius 1 is 0.468 bits per heavy atom. The normalized spacial score (nSPS) is 12.0. The molecule has 1 rings (SSSR count). The van der Waals surface area contributed by atoms with Gasteiger partial charge < -0.3 is 34.5 Å². The van der Waals surface area contributed by atoms with Crippen molar-refractivity contribution >= 4 is 49.3 Å².